The Kier molecular flexibility index (Phi) is 8.52. The van der Waals surface area contributed by atoms with Crippen LogP contribution in [0.25, 0.3) is 20.4 Å². The Bertz CT molecular complexity index is 2070. The van der Waals surface area contributed by atoms with E-state index in [0.29, 0.717) is 33.8 Å². The van der Waals surface area contributed by atoms with E-state index in [1.165, 1.54) is 34.8 Å². The highest BCUT2D eigenvalue weighted by molar-refractivity contribution is 7.22. The van der Waals surface area contributed by atoms with Crippen molar-refractivity contribution in [3.63, 3.8) is 0 Å². The molecule has 14 heteroatoms. The predicted molar refractivity (Wildman–Crippen MR) is 175 cm³/mol. The van der Waals surface area contributed by atoms with Crippen LogP contribution in [0.2, 0.25) is 0 Å². The number of rotatable bonds is 10. The van der Waals surface area contributed by atoms with Crippen molar-refractivity contribution in [1.29, 1.82) is 0 Å². The second-order valence-electron chi connectivity index (χ2n) is 8.95. The first-order valence-corrected chi connectivity index (χ1v) is 14.8. The smallest absolute Gasteiger partial charge is 0.271 e. The summed E-state index contributed by atoms with van der Waals surface area (Å²) in [5.41, 5.74) is 4.13. The van der Waals surface area contributed by atoms with E-state index in [2.05, 4.69) is 40.4 Å². The molecule has 0 fully saturated rings. The zero-order valence-corrected chi connectivity index (χ0v) is 24.6. The number of benzene rings is 4. The van der Waals surface area contributed by atoms with Crippen molar-refractivity contribution < 1.29 is 9.66 Å². The van der Waals surface area contributed by atoms with Gasteiger partial charge < -0.3 is 4.74 Å². The van der Waals surface area contributed by atoms with Gasteiger partial charge in [0, 0.05) is 30.6 Å². The SMILES string of the molecule is CCOc1ccc2sc(N=Nc3ccc(N=CC=Nc4ccc(N=Nc5nc6cc([N+](=O)[O-])ccc6s5)cc4)cc3)nc2c1. The maximum atomic E-state index is 11.0. The van der Waals surface area contributed by atoms with Gasteiger partial charge in [0.25, 0.3) is 5.69 Å². The highest BCUT2D eigenvalue weighted by Gasteiger charge is 2.10. The minimum atomic E-state index is -0.451. The van der Waals surface area contributed by atoms with Crippen LogP contribution in [0.15, 0.2) is 115 Å². The van der Waals surface area contributed by atoms with Crippen molar-refractivity contribution >= 4 is 94.2 Å². The number of non-ortho nitro benzene ring substituents is 1. The average Bonchev–Trinajstić information content (AvgIpc) is 3.65. The molecule has 216 valence electrons. The van der Waals surface area contributed by atoms with Crippen LogP contribution in [0.3, 0.4) is 0 Å². The summed E-state index contributed by atoms with van der Waals surface area (Å²) >= 11 is 2.78. The van der Waals surface area contributed by atoms with Crippen LogP contribution in [0.4, 0.5) is 38.7 Å². The van der Waals surface area contributed by atoms with Crippen LogP contribution < -0.4 is 4.74 Å². The number of thiazole rings is 2. The number of hydrogen-bond acceptors (Lipinski definition) is 13. The summed E-state index contributed by atoms with van der Waals surface area (Å²) in [6, 6.07) is 24.9. The molecule has 0 radical (unpaired) electrons. The Balaban J connectivity index is 1.02. The maximum absolute atomic E-state index is 11.0. The standard InChI is InChI=1S/C30H21N9O3S2/c1-2-42-24-12-14-28-26(18-24)34-30(44-28)38-36-22-9-5-20(6-10-22)32-16-15-31-19-3-7-21(8-4-19)35-37-29-33-25-17-23(39(40)41)11-13-27(25)43-29/h3-18H,2H2,1H3. The fraction of sp³-hybridized carbons (Fsp3) is 0.0667. The number of aliphatic imine (C=N–C) groups is 2. The minimum Gasteiger partial charge on any atom is -0.494 e. The second-order valence-corrected chi connectivity index (χ2v) is 11.0. The van der Waals surface area contributed by atoms with Crippen LogP contribution in [0.5, 0.6) is 5.75 Å². The van der Waals surface area contributed by atoms with Gasteiger partial charge in [0.1, 0.15) is 5.75 Å². The molecule has 2 heterocycles. The van der Waals surface area contributed by atoms with Crippen LogP contribution in [-0.4, -0.2) is 33.9 Å². The molecular weight excluding hydrogens is 599 g/mol. The first kappa shape index (κ1) is 28.5. The molecule has 6 rings (SSSR count). The first-order chi connectivity index (χ1) is 21.5. The lowest BCUT2D eigenvalue weighted by atomic mass is 10.3. The van der Waals surface area contributed by atoms with Crippen LogP contribution in [-0.2, 0) is 0 Å². The van der Waals surface area contributed by atoms with Crippen LogP contribution in [0.1, 0.15) is 6.92 Å². The van der Waals surface area contributed by atoms with E-state index in [9.17, 15) is 10.1 Å². The quantitative estimate of drug-likeness (QED) is 0.0646. The number of hydrogen-bond donors (Lipinski definition) is 0. The molecule has 2 aromatic heterocycles. The topological polar surface area (TPSA) is 152 Å². The molecule has 0 saturated carbocycles. The molecule has 6 aromatic rings. The monoisotopic (exact) mass is 619 g/mol. The third-order valence-corrected chi connectivity index (χ3v) is 7.79. The van der Waals surface area contributed by atoms with E-state index in [-0.39, 0.29) is 5.69 Å². The lowest BCUT2D eigenvalue weighted by Gasteiger charge is -2.00. The molecule has 0 bridgehead atoms. The summed E-state index contributed by atoms with van der Waals surface area (Å²) in [6.45, 7) is 2.55. The molecule has 4 aromatic carbocycles. The minimum absolute atomic E-state index is 0.0114. The Labute approximate surface area is 258 Å². The fourth-order valence-electron chi connectivity index (χ4n) is 3.90. The Morgan fingerprint density at radius 1 is 0.705 bits per heavy atom. The molecule has 0 aliphatic heterocycles. The average molecular weight is 620 g/mol. The van der Waals surface area contributed by atoms with E-state index in [4.69, 9.17) is 4.74 Å². The molecule has 0 unspecified atom stereocenters. The number of nitro groups is 1. The molecule has 0 aliphatic rings. The highest BCUT2D eigenvalue weighted by Crippen LogP contribution is 2.33. The molecule has 0 N–H and O–H groups in total. The van der Waals surface area contributed by atoms with Gasteiger partial charge in [-0.2, -0.15) is 0 Å². The Morgan fingerprint density at radius 3 is 1.73 bits per heavy atom. The van der Waals surface area contributed by atoms with Gasteiger partial charge in [0.15, 0.2) is 0 Å². The number of fused-ring (bicyclic) bond motifs is 2. The van der Waals surface area contributed by atoms with Gasteiger partial charge in [0.05, 0.1) is 54.7 Å². The van der Waals surface area contributed by atoms with Crippen molar-refractivity contribution in [3.05, 3.63) is 95.0 Å². The summed E-state index contributed by atoms with van der Waals surface area (Å²) < 4.78 is 7.35. The van der Waals surface area contributed by atoms with Gasteiger partial charge >= 0.3 is 0 Å². The van der Waals surface area contributed by atoms with Gasteiger partial charge in [0.2, 0.25) is 10.3 Å². The molecule has 44 heavy (non-hydrogen) atoms. The molecule has 12 nitrogen and oxygen atoms in total. The molecule has 0 amide bonds. The van der Waals surface area contributed by atoms with Crippen molar-refractivity contribution in [3.8, 4) is 5.75 Å². The number of azo groups is 2. The maximum Gasteiger partial charge on any atom is 0.271 e. The number of aromatic nitrogens is 2. The van der Waals surface area contributed by atoms with Gasteiger partial charge in [-0.05, 0) is 73.7 Å². The largest absolute Gasteiger partial charge is 0.494 e. The number of ether oxygens (including phenoxy) is 1. The molecule has 0 aliphatic carbocycles. The van der Waals surface area contributed by atoms with E-state index in [1.807, 2.05) is 61.5 Å². The van der Waals surface area contributed by atoms with Gasteiger partial charge in [-0.15, -0.1) is 20.5 Å². The first-order valence-electron chi connectivity index (χ1n) is 13.2. The molecular formula is C30H21N9O3S2. The van der Waals surface area contributed by atoms with Crippen LogP contribution >= 0.6 is 22.7 Å². The van der Waals surface area contributed by atoms with Crippen LogP contribution in [0, 0.1) is 10.1 Å². The van der Waals surface area contributed by atoms with Gasteiger partial charge in [-0.25, -0.2) is 9.97 Å². The summed E-state index contributed by atoms with van der Waals surface area (Å²) in [7, 11) is 0. The second kappa shape index (κ2) is 13.1. The third kappa shape index (κ3) is 7.06. The van der Waals surface area contributed by atoms with E-state index in [1.54, 1.807) is 30.6 Å². The van der Waals surface area contributed by atoms with E-state index in [0.717, 1.165) is 32.0 Å². The third-order valence-electron chi connectivity index (χ3n) is 5.94. The summed E-state index contributed by atoms with van der Waals surface area (Å²) in [5.74, 6) is 0.785. The van der Waals surface area contributed by atoms with Gasteiger partial charge in [-0.1, -0.05) is 22.7 Å². The summed E-state index contributed by atoms with van der Waals surface area (Å²) in [4.78, 5) is 28.1. The number of nitrogens with zero attached hydrogens (tertiary/aromatic N) is 9. The summed E-state index contributed by atoms with van der Waals surface area (Å²) in [5, 5.41) is 28.9. The van der Waals surface area contributed by atoms with Crippen molar-refractivity contribution in [2.75, 3.05) is 6.61 Å². The van der Waals surface area contributed by atoms with Crippen molar-refractivity contribution in [1.82, 2.24) is 9.97 Å². The van der Waals surface area contributed by atoms with E-state index >= 15 is 0 Å². The lowest BCUT2D eigenvalue weighted by Crippen LogP contribution is -1.90. The Morgan fingerprint density at radius 2 is 1.20 bits per heavy atom. The Hall–Kier alpha value is -5.60. The fourth-order valence-corrected chi connectivity index (χ4v) is 5.44. The molecule has 0 atom stereocenters. The lowest BCUT2D eigenvalue weighted by molar-refractivity contribution is -0.384. The molecule has 0 saturated heterocycles. The van der Waals surface area contributed by atoms with Crippen molar-refractivity contribution in [2.45, 2.75) is 6.92 Å². The normalized spacial score (nSPS) is 12.1. The zero-order valence-electron chi connectivity index (χ0n) is 23.0. The number of nitro benzene ring substituents is 1. The zero-order chi connectivity index (χ0) is 30.3. The summed E-state index contributed by atoms with van der Waals surface area (Å²) in [6.07, 6.45) is 3.22. The van der Waals surface area contributed by atoms with Gasteiger partial charge in [-0.3, -0.25) is 20.1 Å². The predicted octanol–water partition coefficient (Wildman–Crippen LogP) is 10.1. The molecule has 0 spiro atoms. The van der Waals surface area contributed by atoms with E-state index < -0.39 is 4.92 Å². The highest BCUT2D eigenvalue weighted by atomic mass is 32.1. The van der Waals surface area contributed by atoms with Crippen molar-refractivity contribution in [2.24, 2.45) is 30.4 Å².